The lowest BCUT2D eigenvalue weighted by Crippen LogP contribution is -2.47. The van der Waals surface area contributed by atoms with Gasteiger partial charge in [-0.05, 0) is 55.7 Å². The first-order valence-electron chi connectivity index (χ1n) is 9.13. The van der Waals surface area contributed by atoms with Gasteiger partial charge in [0.25, 0.3) is 0 Å². The molecule has 1 aliphatic carbocycles. The van der Waals surface area contributed by atoms with Gasteiger partial charge in [-0.2, -0.15) is 0 Å². The number of carbonyl (C=O) groups excluding carboxylic acids is 1. The average Bonchev–Trinajstić information content (AvgIpc) is 2.61. The Morgan fingerprint density at radius 3 is 2.25 bits per heavy atom. The fourth-order valence-corrected chi connectivity index (χ4v) is 3.37. The Morgan fingerprint density at radius 1 is 1.07 bits per heavy atom. The number of amides is 1. The Labute approximate surface area is 161 Å². The van der Waals surface area contributed by atoms with Gasteiger partial charge in [0, 0.05) is 17.7 Å². The van der Waals surface area contributed by atoms with E-state index < -0.39 is 28.9 Å². The van der Waals surface area contributed by atoms with Crippen LogP contribution in [0.3, 0.4) is 0 Å². The van der Waals surface area contributed by atoms with Gasteiger partial charge in [0.05, 0.1) is 12.0 Å². The Balaban J connectivity index is 1.66. The molecule has 0 spiro atoms. The van der Waals surface area contributed by atoms with Crippen LogP contribution in [0.25, 0.3) is 0 Å². The van der Waals surface area contributed by atoms with Crippen molar-refractivity contribution in [1.29, 1.82) is 0 Å². The molecule has 0 unspecified atom stereocenters. The molecule has 0 aromatic heterocycles. The molecule has 3 rings (SSSR count). The zero-order valence-corrected chi connectivity index (χ0v) is 15.2. The van der Waals surface area contributed by atoms with Crippen LogP contribution in [0.1, 0.15) is 37.7 Å². The minimum atomic E-state index is -1.19. The number of aliphatic carboxylic acids is 1. The molecule has 2 N–H and O–H groups in total. The maximum absolute atomic E-state index is 14.2. The van der Waals surface area contributed by atoms with Gasteiger partial charge in [-0.15, -0.1) is 0 Å². The second-order valence-electron chi connectivity index (χ2n) is 6.86. The van der Waals surface area contributed by atoms with Gasteiger partial charge in [0.1, 0.15) is 17.4 Å². The largest absolute Gasteiger partial charge is 0.494 e. The molecule has 0 atom stereocenters. The van der Waals surface area contributed by atoms with Crippen molar-refractivity contribution in [3.05, 3.63) is 59.7 Å². The lowest BCUT2D eigenvalue weighted by Gasteiger charge is -2.40. The number of carboxylic acid groups (broad SMARTS) is 1. The standard InChI is InChI=1S/C21H21F2NO4/c22-16-4-1-5-17(23)19(16)21(11-3-12-21)20(27)24-14-7-9-15(10-8-14)28-13-2-6-18(25)26/h1,4-5,7-10H,2-3,6,11-13H2,(H,24,27)(H,25,26). The van der Waals surface area contributed by atoms with Crippen LogP contribution >= 0.6 is 0 Å². The summed E-state index contributed by atoms with van der Waals surface area (Å²) in [5.74, 6) is -2.18. The molecule has 7 heteroatoms. The molecule has 0 heterocycles. The highest BCUT2D eigenvalue weighted by atomic mass is 19.1. The SMILES string of the molecule is O=C(O)CCCOc1ccc(NC(=O)C2(c3c(F)cccc3F)CCC2)cc1. The van der Waals surface area contributed by atoms with Crippen molar-refractivity contribution in [3.8, 4) is 5.75 Å². The fourth-order valence-electron chi connectivity index (χ4n) is 3.37. The first-order chi connectivity index (χ1) is 13.4. The van der Waals surface area contributed by atoms with E-state index in [4.69, 9.17) is 9.84 Å². The zero-order chi connectivity index (χ0) is 20.1. The van der Waals surface area contributed by atoms with E-state index >= 15 is 0 Å². The second kappa shape index (κ2) is 8.37. The van der Waals surface area contributed by atoms with E-state index in [0.29, 0.717) is 30.7 Å². The monoisotopic (exact) mass is 389 g/mol. The summed E-state index contributed by atoms with van der Waals surface area (Å²) in [6.45, 7) is 0.272. The third kappa shape index (κ3) is 4.13. The van der Waals surface area contributed by atoms with Crippen molar-refractivity contribution >= 4 is 17.6 Å². The third-order valence-electron chi connectivity index (χ3n) is 5.00. The quantitative estimate of drug-likeness (QED) is 0.661. The molecule has 2 aromatic carbocycles. The number of anilines is 1. The van der Waals surface area contributed by atoms with Gasteiger partial charge < -0.3 is 15.2 Å². The number of halogens is 2. The highest BCUT2D eigenvalue weighted by Gasteiger charge is 2.49. The zero-order valence-electron chi connectivity index (χ0n) is 15.2. The van der Waals surface area contributed by atoms with Gasteiger partial charge in [-0.1, -0.05) is 12.5 Å². The molecule has 28 heavy (non-hydrogen) atoms. The first-order valence-corrected chi connectivity index (χ1v) is 9.13. The van der Waals surface area contributed by atoms with Crippen molar-refractivity contribution in [3.63, 3.8) is 0 Å². The predicted molar refractivity (Wildman–Crippen MR) is 99.3 cm³/mol. The summed E-state index contributed by atoms with van der Waals surface area (Å²) >= 11 is 0. The molecule has 5 nitrogen and oxygen atoms in total. The Bertz CT molecular complexity index is 843. The fraction of sp³-hybridized carbons (Fsp3) is 0.333. The van der Waals surface area contributed by atoms with E-state index in [1.165, 1.54) is 18.2 Å². The number of hydrogen-bond acceptors (Lipinski definition) is 3. The first kappa shape index (κ1) is 19.8. The number of nitrogens with one attached hydrogen (secondary N) is 1. The van der Waals surface area contributed by atoms with E-state index in [2.05, 4.69) is 5.32 Å². The molecule has 2 aromatic rings. The molecule has 1 amide bonds. The number of hydrogen-bond donors (Lipinski definition) is 2. The van der Waals surface area contributed by atoms with Crippen molar-refractivity contribution in [2.75, 3.05) is 11.9 Å². The number of rotatable bonds is 8. The van der Waals surface area contributed by atoms with Crippen LogP contribution < -0.4 is 10.1 Å². The Morgan fingerprint density at radius 2 is 1.71 bits per heavy atom. The highest BCUT2D eigenvalue weighted by molar-refractivity contribution is 6.00. The Hall–Kier alpha value is -2.96. The van der Waals surface area contributed by atoms with Gasteiger partial charge in [0.2, 0.25) is 5.91 Å². The summed E-state index contributed by atoms with van der Waals surface area (Å²) in [5, 5.41) is 11.3. The summed E-state index contributed by atoms with van der Waals surface area (Å²) < 4.78 is 33.9. The minimum absolute atomic E-state index is 0.0306. The van der Waals surface area contributed by atoms with Crippen molar-refractivity contribution in [1.82, 2.24) is 0 Å². The lowest BCUT2D eigenvalue weighted by molar-refractivity contribution is -0.137. The number of benzene rings is 2. The second-order valence-corrected chi connectivity index (χ2v) is 6.86. The smallest absolute Gasteiger partial charge is 0.303 e. The molecule has 1 fully saturated rings. The molecular formula is C21H21F2NO4. The van der Waals surface area contributed by atoms with Crippen LogP contribution in [0, 0.1) is 11.6 Å². The maximum atomic E-state index is 14.2. The van der Waals surface area contributed by atoms with Crippen LogP contribution in [0.2, 0.25) is 0 Å². The van der Waals surface area contributed by atoms with E-state index in [0.717, 1.165) is 6.42 Å². The number of carbonyl (C=O) groups is 2. The molecule has 0 radical (unpaired) electrons. The molecule has 0 bridgehead atoms. The molecule has 148 valence electrons. The van der Waals surface area contributed by atoms with Gasteiger partial charge >= 0.3 is 5.97 Å². The third-order valence-corrected chi connectivity index (χ3v) is 5.00. The molecule has 0 saturated heterocycles. The van der Waals surface area contributed by atoms with E-state index in [9.17, 15) is 18.4 Å². The topological polar surface area (TPSA) is 75.6 Å². The van der Waals surface area contributed by atoms with Crippen molar-refractivity contribution in [2.24, 2.45) is 0 Å². The van der Waals surface area contributed by atoms with Crippen molar-refractivity contribution in [2.45, 2.75) is 37.5 Å². The molecule has 1 saturated carbocycles. The Kier molecular flexibility index (Phi) is 5.92. The number of carboxylic acids is 1. The predicted octanol–water partition coefficient (Wildman–Crippen LogP) is 4.27. The van der Waals surface area contributed by atoms with Crippen LogP contribution in [-0.4, -0.2) is 23.6 Å². The van der Waals surface area contributed by atoms with Gasteiger partial charge in [0.15, 0.2) is 0 Å². The van der Waals surface area contributed by atoms with Gasteiger partial charge in [-0.3, -0.25) is 9.59 Å². The molecule has 1 aliphatic rings. The summed E-state index contributed by atoms with van der Waals surface area (Å²) in [4.78, 5) is 23.3. The van der Waals surface area contributed by atoms with Crippen LogP contribution in [0.15, 0.2) is 42.5 Å². The molecular weight excluding hydrogens is 368 g/mol. The minimum Gasteiger partial charge on any atom is -0.494 e. The van der Waals surface area contributed by atoms with E-state index in [1.54, 1.807) is 24.3 Å². The normalized spacial score (nSPS) is 14.8. The number of ether oxygens (including phenoxy) is 1. The lowest BCUT2D eigenvalue weighted by atomic mass is 9.63. The van der Waals surface area contributed by atoms with Gasteiger partial charge in [-0.25, -0.2) is 8.78 Å². The van der Waals surface area contributed by atoms with E-state index in [1.807, 2.05) is 0 Å². The van der Waals surface area contributed by atoms with Crippen LogP contribution in [0.4, 0.5) is 14.5 Å². The summed E-state index contributed by atoms with van der Waals surface area (Å²) in [7, 11) is 0. The highest BCUT2D eigenvalue weighted by Crippen LogP contribution is 2.46. The van der Waals surface area contributed by atoms with Crippen molar-refractivity contribution < 1.29 is 28.2 Å². The molecule has 0 aliphatic heterocycles. The summed E-state index contributed by atoms with van der Waals surface area (Å²) in [6, 6.07) is 10.2. The van der Waals surface area contributed by atoms with Crippen LogP contribution in [0.5, 0.6) is 5.75 Å². The summed E-state index contributed by atoms with van der Waals surface area (Å²) in [6.07, 6.45) is 1.93. The van der Waals surface area contributed by atoms with E-state index in [-0.39, 0.29) is 18.6 Å². The maximum Gasteiger partial charge on any atom is 0.303 e. The average molecular weight is 389 g/mol. The van der Waals surface area contributed by atoms with Crippen LogP contribution in [-0.2, 0) is 15.0 Å². The summed E-state index contributed by atoms with van der Waals surface area (Å²) in [5.41, 5.74) is -0.871.